The normalized spacial score (nSPS) is 10.5. The number of hydrogen-bond donors (Lipinski definition) is 1. The highest BCUT2D eigenvalue weighted by Crippen LogP contribution is 2.16. The fourth-order valence-electron chi connectivity index (χ4n) is 1.40. The van der Waals surface area contributed by atoms with E-state index in [1.807, 2.05) is 0 Å². The molecule has 2 heterocycles. The standard InChI is InChI=1S/C11H9BrClN3O/c12-7-1-4-11(17)16(5-7)6-9-8(13)2-3-10(14)15-9/h1-5H,6H2,(H2,14,15). The average molecular weight is 315 g/mol. The van der Waals surface area contributed by atoms with Crippen LogP contribution in [0.5, 0.6) is 0 Å². The summed E-state index contributed by atoms with van der Waals surface area (Å²) in [7, 11) is 0. The predicted octanol–water partition coefficient (Wildman–Crippen LogP) is 2.29. The predicted molar refractivity (Wildman–Crippen MR) is 71.2 cm³/mol. The second-order valence-corrected chi connectivity index (χ2v) is 4.80. The molecule has 0 aliphatic rings. The van der Waals surface area contributed by atoms with Gasteiger partial charge in [0.25, 0.3) is 5.56 Å². The molecule has 2 N–H and O–H groups in total. The maximum atomic E-state index is 11.6. The summed E-state index contributed by atoms with van der Waals surface area (Å²) in [5.41, 5.74) is 6.04. The molecule has 0 spiro atoms. The first-order valence-corrected chi connectivity index (χ1v) is 6.00. The van der Waals surface area contributed by atoms with Crippen LogP contribution < -0.4 is 11.3 Å². The Morgan fingerprint density at radius 3 is 2.88 bits per heavy atom. The molecule has 2 aromatic rings. The van der Waals surface area contributed by atoms with Crippen molar-refractivity contribution in [3.05, 3.63) is 56.0 Å². The Bertz CT molecular complexity index is 612. The Morgan fingerprint density at radius 1 is 1.35 bits per heavy atom. The van der Waals surface area contributed by atoms with E-state index >= 15 is 0 Å². The largest absolute Gasteiger partial charge is 0.384 e. The first-order chi connectivity index (χ1) is 8.06. The van der Waals surface area contributed by atoms with Crippen LogP contribution >= 0.6 is 27.5 Å². The number of nitrogens with two attached hydrogens (primary N) is 1. The van der Waals surface area contributed by atoms with E-state index in [1.165, 1.54) is 10.6 Å². The Balaban J connectivity index is 2.41. The van der Waals surface area contributed by atoms with E-state index in [9.17, 15) is 4.79 Å². The van der Waals surface area contributed by atoms with E-state index in [4.69, 9.17) is 17.3 Å². The molecule has 0 fully saturated rings. The van der Waals surface area contributed by atoms with E-state index in [2.05, 4.69) is 20.9 Å². The maximum absolute atomic E-state index is 11.6. The molecule has 17 heavy (non-hydrogen) atoms. The lowest BCUT2D eigenvalue weighted by atomic mass is 10.3. The van der Waals surface area contributed by atoms with Crippen molar-refractivity contribution in [3.8, 4) is 0 Å². The molecule has 0 atom stereocenters. The van der Waals surface area contributed by atoms with Crippen LogP contribution in [0.1, 0.15) is 5.69 Å². The van der Waals surface area contributed by atoms with Gasteiger partial charge < -0.3 is 10.3 Å². The summed E-state index contributed by atoms with van der Waals surface area (Å²) in [6.45, 7) is 0.294. The summed E-state index contributed by atoms with van der Waals surface area (Å²) in [6.07, 6.45) is 1.68. The quantitative estimate of drug-likeness (QED) is 0.925. The van der Waals surface area contributed by atoms with Gasteiger partial charge in [-0.2, -0.15) is 0 Å². The van der Waals surface area contributed by atoms with Crippen molar-refractivity contribution in [1.29, 1.82) is 0 Å². The maximum Gasteiger partial charge on any atom is 0.250 e. The lowest BCUT2D eigenvalue weighted by molar-refractivity contribution is 0.738. The van der Waals surface area contributed by atoms with E-state index in [0.29, 0.717) is 23.1 Å². The number of anilines is 1. The zero-order valence-corrected chi connectivity index (χ0v) is 11.1. The van der Waals surface area contributed by atoms with Gasteiger partial charge in [-0.3, -0.25) is 4.79 Å². The molecule has 0 saturated carbocycles. The average Bonchev–Trinajstić information content (AvgIpc) is 2.28. The Kier molecular flexibility index (Phi) is 3.49. The zero-order chi connectivity index (χ0) is 12.4. The van der Waals surface area contributed by atoms with Crippen LogP contribution in [0.3, 0.4) is 0 Å². The second-order valence-electron chi connectivity index (χ2n) is 3.48. The van der Waals surface area contributed by atoms with Crippen LogP contribution in [0.2, 0.25) is 5.02 Å². The van der Waals surface area contributed by atoms with Gasteiger partial charge in [-0.05, 0) is 34.1 Å². The van der Waals surface area contributed by atoms with Gasteiger partial charge in [0.15, 0.2) is 0 Å². The summed E-state index contributed by atoms with van der Waals surface area (Å²) < 4.78 is 2.33. The van der Waals surface area contributed by atoms with Gasteiger partial charge in [0.2, 0.25) is 0 Å². The van der Waals surface area contributed by atoms with Gasteiger partial charge in [0.05, 0.1) is 17.3 Å². The third-order valence-electron chi connectivity index (χ3n) is 2.21. The molecular formula is C11H9BrClN3O. The van der Waals surface area contributed by atoms with Gasteiger partial charge in [-0.1, -0.05) is 11.6 Å². The SMILES string of the molecule is Nc1ccc(Cl)c(Cn2cc(Br)ccc2=O)n1. The lowest BCUT2D eigenvalue weighted by Crippen LogP contribution is -2.19. The Hall–Kier alpha value is -1.33. The third kappa shape index (κ3) is 2.87. The van der Waals surface area contributed by atoms with Gasteiger partial charge >= 0.3 is 0 Å². The summed E-state index contributed by atoms with van der Waals surface area (Å²) in [5.74, 6) is 0.382. The molecule has 0 aromatic carbocycles. The van der Waals surface area contributed by atoms with E-state index < -0.39 is 0 Å². The van der Waals surface area contributed by atoms with Crippen molar-refractivity contribution in [2.75, 3.05) is 5.73 Å². The molecule has 0 amide bonds. The van der Waals surface area contributed by atoms with Gasteiger partial charge in [-0.25, -0.2) is 4.98 Å². The highest BCUT2D eigenvalue weighted by atomic mass is 79.9. The monoisotopic (exact) mass is 313 g/mol. The summed E-state index contributed by atoms with van der Waals surface area (Å²) in [5, 5.41) is 0.492. The van der Waals surface area contributed by atoms with Crippen LogP contribution in [0.25, 0.3) is 0 Å². The van der Waals surface area contributed by atoms with E-state index in [-0.39, 0.29) is 5.56 Å². The second kappa shape index (κ2) is 4.89. The number of aromatic nitrogens is 2. The third-order valence-corrected chi connectivity index (χ3v) is 3.02. The lowest BCUT2D eigenvalue weighted by Gasteiger charge is -2.07. The number of nitrogen functional groups attached to an aromatic ring is 1. The van der Waals surface area contributed by atoms with Crippen LogP contribution in [-0.4, -0.2) is 9.55 Å². The highest BCUT2D eigenvalue weighted by molar-refractivity contribution is 9.10. The van der Waals surface area contributed by atoms with Crippen molar-refractivity contribution in [2.24, 2.45) is 0 Å². The summed E-state index contributed by atoms with van der Waals surface area (Å²) in [6, 6.07) is 6.45. The van der Waals surface area contributed by atoms with Crippen molar-refractivity contribution in [1.82, 2.24) is 9.55 Å². The Morgan fingerprint density at radius 2 is 2.12 bits per heavy atom. The number of halogens is 2. The molecule has 2 aromatic heterocycles. The van der Waals surface area contributed by atoms with Gasteiger partial charge in [-0.15, -0.1) is 0 Å². The number of rotatable bonds is 2. The van der Waals surface area contributed by atoms with Gasteiger partial charge in [0.1, 0.15) is 5.82 Å². The van der Waals surface area contributed by atoms with Crippen LogP contribution in [0.15, 0.2) is 39.7 Å². The topological polar surface area (TPSA) is 60.9 Å². The first kappa shape index (κ1) is 12.1. The van der Waals surface area contributed by atoms with Crippen LogP contribution in [-0.2, 0) is 6.54 Å². The summed E-state index contributed by atoms with van der Waals surface area (Å²) >= 11 is 9.30. The molecule has 88 valence electrons. The van der Waals surface area contributed by atoms with Crippen LogP contribution in [0, 0.1) is 0 Å². The zero-order valence-electron chi connectivity index (χ0n) is 8.73. The van der Waals surface area contributed by atoms with Crippen LogP contribution in [0.4, 0.5) is 5.82 Å². The molecule has 0 bridgehead atoms. The minimum Gasteiger partial charge on any atom is -0.384 e. The first-order valence-electron chi connectivity index (χ1n) is 4.83. The number of nitrogens with zero attached hydrogens (tertiary/aromatic N) is 2. The smallest absolute Gasteiger partial charge is 0.250 e. The van der Waals surface area contributed by atoms with Crippen molar-refractivity contribution < 1.29 is 0 Å². The number of pyridine rings is 2. The van der Waals surface area contributed by atoms with Crippen molar-refractivity contribution in [3.63, 3.8) is 0 Å². The summed E-state index contributed by atoms with van der Waals surface area (Å²) in [4.78, 5) is 15.7. The van der Waals surface area contributed by atoms with Crippen molar-refractivity contribution >= 4 is 33.3 Å². The minimum absolute atomic E-state index is 0.117. The fourth-order valence-corrected chi connectivity index (χ4v) is 1.94. The molecule has 6 heteroatoms. The molecular weight excluding hydrogens is 305 g/mol. The Labute approximate surface area is 111 Å². The van der Waals surface area contributed by atoms with Gasteiger partial charge in [0, 0.05) is 16.7 Å². The molecule has 0 aliphatic carbocycles. The highest BCUT2D eigenvalue weighted by Gasteiger charge is 2.05. The number of hydrogen-bond acceptors (Lipinski definition) is 3. The molecule has 0 aliphatic heterocycles. The van der Waals surface area contributed by atoms with E-state index in [0.717, 1.165) is 4.47 Å². The molecule has 2 rings (SSSR count). The molecule has 0 radical (unpaired) electrons. The molecule has 4 nitrogen and oxygen atoms in total. The minimum atomic E-state index is -0.117. The van der Waals surface area contributed by atoms with Crippen molar-refractivity contribution in [2.45, 2.75) is 6.54 Å². The van der Waals surface area contributed by atoms with E-state index in [1.54, 1.807) is 24.4 Å². The molecule has 0 unspecified atom stereocenters. The fraction of sp³-hybridized carbons (Fsp3) is 0.0909. The molecule has 0 saturated heterocycles.